The zero-order chi connectivity index (χ0) is 14.8. The van der Waals surface area contributed by atoms with Crippen LogP contribution in [0.5, 0.6) is 0 Å². The lowest BCUT2D eigenvalue weighted by atomic mass is 9.83. The molecule has 0 amide bonds. The van der Waals surface area contributed by atoms with Gasteiger partial charge in [0.05, 0.1) is 4.90 Å². The van der Waals surface area contributed by atoms with E-state index in [-0.39, 0.29) is 28.3 Å². The maximum atomic E-state index is 13.0. The summed E-state index contributed by atoms with van der Waals surface area (Å²) in [6.07, 6.45) is 4.84. The quantitative estimate of drug-likeness (QED) is 0.815. The number of sulfonamides is 1. The summed E-state index contributed by atoms with van der Waals surface area (Å²) in [5.74, 6) is -0.488. The lowest BCUT2D eigenvalue weighted by Crippen LogP contribution is -2.51. The van der Waals surface area contributed by atoms with Crippen LogP contribution in [0, 0.1) is 5.82 Å². The second-order valence-electron chi connectivity index (χ2n) is 5.32. The highest BCUT2D eigenvalue weighted by Gasteiger charge is 2.29. The Kier molecular flexibility index (Phi) is 6.61. The molecule has 8 heteroatoms. The molecule has 0 bridgehead atoms. The molecule has 120 valence electrons. The van der Waals surface area contributed by atoms with E-state index < -0.39 is 21.4 Å². The van der Waals surface area contributed by atoms with Gasteiger partial charge >= 0.3 is 0 Å². The number of hydrogen-bond acceptors (Lipinski definition) is 3. The third kappa shape index (κ3) is 4.89. The van der Waals surface area contributed by atoms with E-state index in [1.165, 1.54) is 6.07 Å². The van der Waals surface area contributed by atoms with E-state index >= 15 is 0 Å². The monoisotopic (exact) mass is 400 g/mol. The van der Waals surface area contributed by atoms with Crippen LogP contribution < -0.4 is 10.5 Å². The molecule has 1 saturated carbocycles. The Hall–Kier alpha value is -0.210. The van der Waals surface area contributed by atoms with E-state index in [2.05, 4.69) is 20.7 Å². The van der Waals surface area contributed by atoms with Gasteiger partial charge in [-0.2, -0.15) is 0 Å². The van der Waals surface area contributed by atoms with Crippen LogP contribution in [-0.2, 0) is 10.0 Å². The van der Waals surface area contributed by atoms with E-state index in [1.807, 2.05) is 0 Å². The Labute approximate surface area is 139 Å². The van der Waals surface area contributed by atoms with Gasteiger partial charge in [-0.25, -0.2) is 17.5 Å². The molecular weight excluding hydrogens is 383 g/mol. The molecule has 21 heavy (non-hydrogen) atoms. The van der Waals surface area contributed by atoms with Crippen LogP contribution in [-0.4, -0.2) is 20.5 Å². The zero-order valence-corrected chi connectivity index (χ0v) is 14.7. The van der Waals surface area contributed by atoms with Crippen molar-refractivity contribution in [3.05, 3.63) is 28.5 Å². The number of hydrogen-bond donors (Lipinski definition) is 2. The van der Waals surface area contributed by atoms with Gasteiger partial charge in [-0.3, -0.25) is 0 Å². The Balaban J connectivity index is 0.00000220. The SMILES string of the molecule is Cl.NC1(CNS(=O)(=O)c2ccc(F)cc2Br)CCCCC1. The highest BCUT2D eigenvalue weighted by Crippen LogP contribution is 2.27. The van der Waals surface area contributed by atoms with Crippen LogP contribution in [0.4, 0.5) is 4.39 Å². The number of benzene rings is 1. The fraction of sp³-hybridized carbons (Fsp3) is 0.538. The Morgan fingerprint density at radius 2 is 1.90 bits per heavy atom. The van der Waals surface area contributed by atoms with E-state index in [1.54, 1.807) is 0 Å². The predicted molar refractivity (Wildman–Crippen MR) is 86.5 cm³/mol. The first-order valence-electron chi connectivity index (χ1n) is 6.56. The van der Waals surface area contributed by atoms with Crippen molar-refractivity contribution in [1.29, 1.82) is 0 Å². The minimum absolute atomic E-state index is 0. The molecule has 0 aromatic heterocycles. The van der Waals surface area contributed by atoms with Crippen molar-refractivity contribution >= 4 is 38.4 Å². The minimum Gasteiger partial charge on any atom is -0.324 e. The fourth-order valence-electron chi connectivity index (χ4n) is 2.44. The second-order valence-corrected chi connectivity index (χ2v) is 7.91. The van der Waals surface area contributed by atoms with E-state index in [0.717, 1.165) is 44.2 Å². The summed E-state index contributed by atoms with van der Waals surface area (Å²) in [5.41, 5.74) is 5.73. The average Bonchev–Trinajstić information content (AvgIpc) is 2.37. The molecule has 0 spiro atoms. The standard InChI is InChI=1S/C13H18BrFN2O2S.ClH/c14-11-8-10(15)4-5-12(11)20(18,19)17-9-13(16)6-2-1-3-7-13;/h4-5,8,17H,1-3,6-7,9,16H2;1H. The van der Waals surface area contributed by atoms with Crippen LogP contribution in [0.2, 0.25) is 0 Å². The molecule has 0 radical (unpaired) electrons. The summed E-state index contributed by atoms with van der Waals surface area (Å²) in [6, 6.07) is 3.50. The molecule has 4 nitrogen and oxygen atoms in total. The molecule has 0 heterocycles. The lowest BCUT2D eigenvalue weighted by molar-refractivity contribution is 0.296. The van der Waals surface area contributed by atoms with Gasteiger partial charge in [0.2, 0.25) is 10.0 Å². The van der Waals surface area contributed by atoms with Gasteiger partial charge in [-0.1, -0.05) is 19.3 Å². The molecule has 1 fully saturated rings. The Morgan fingerprint density at radius 1 is 1.29 bits per heavy atom. The van der Waals surface area contributed by atoms with Gasteiger partial charge in [0, 0.05) is 16.6 Å². The van der Waals surface area contributed by atoms with Gasteiger partial charge in [0.1, 0.15) is 5.82 Å². The normalized spacial score (nSPS) is 18.0. The highest BCUT2D eigenvalue weighted by atomic mass is 79.9. The van der Waals surface area contributed by atoms with Crippen LogP contribution >= 0.6 is 28.3 Å². The topological polar surface area (TPSA) is 72.2 Å². The van der Waals surface area contributed by atoms with Gasteiger partial charge in [-0.05, 0) is 47.0 Å². The van der Waals surface area contributed by atoms with Gasteiger partial charge in [-0.15, -0.1) is 12.4 Å². The average molecular weight is 402 g/mol. The zero-order valence-electron chi connectivity index (χ0n) is 11.4. The van der Waals surface area contributed by atoms with Gasteiger partial charge in [0.15, 0.2) is 0 Å². The fourth-order valence-corrected chi connectivity index (χ4v) is 4.63. The molecule has 0 saturated heterocycles. The van der Waals surface area contributed by atoms with Crippen molar-refractivity contribution in [2.75, 3.05) is 6.54 Å². The van der Waals surface area contributed by atoms with Crippen LogP contribution in [0.15, 0.2) is 27.6 Å². The molecular formula is C13H19BrClFN2O2S. The van der Waals surface area contributed by atoms with Crippen molar-refractivity contribution in [2.24, 2.45) is 5.73 Å². The maximum absolute atomic E-state index is 13.0. The minimum atomic E-state index is -3.69. The van der Waals surface area contributed by atoms with E-state index in [9.17, 15) is 12.8 Å². The lowest BCUT2D eigenvalue weighted by Gasteiger charge is -2.33. The van der Waals surface area contributed by atoms with Crippen molar-refractivity contribution in [3.8, 4) is 0 Å². The van der Waals surface area contributed by atoms with Crippen molar-refractivity contribution in [1.82, 2.24) is 4.72 Å². The van der Waals surface area contributed by atoms with Crippen LogP contribution in [0.25, 0.3) is 0 Å². The Morgan fingerprint density at radius 3 is 2.48 bits per heavy atom. The molecule has 2 rings (SSSR count). The summed E-state index contributed by atoms with van der Waals surface area (Å²) < 4.78 is 40.2. The first-order chi connectivity index (χ1) is 9.32. The van der Waals surface area contributed by atoms with E-state index in [4.69, 9.17) is 5.73 Å². The van der Waals surface area contributed by atoms with Gasteiger partial charge < -0.3 is 5.73 Å². The molecule has 1 aliphatic rings. The Bertz CT molecular complexity index is 592. The molecule has 1 aromatic rings. The largest absolute Gasteiger partial charge is 0.324 e. The summed E-state index contributed by atoms with van der Waals surface area (Å²) in [5, 5.41) is 0. The summed E-state index contributed by atoms with van der Waals surface area (Å²) in [6.45, 7) is 0.207. The van der Waals surface area contributed by atoms with Crippen molar-refractivity contribution < 1.29 is 12.8 Å². The van der Waals surface area contributed by atoms with Crippen molar-refractivity contribution in [3.63, 3.8) is 0 Å². The molecule has 0 atom stereocenters. The first-order valence-corrected chi connectivity index (χ1v) is 8.84. The second kappa shape index (κ2) is 7.37. The summed E-state index contributed by atoms with van der Waals surface area (Å²) in [4.78, 5) is 0.0262. The van der Waals surface area contributed by atoms with Crippen LogP contribution in [0.3, 0.4) is 0 Å². The molecule has 3 N–H and O–H groups in total. The third-order valence-corrected chi connectivity index (χ3v) is 6.02. The summed E-state index contributed by atoms with van der Waals surface area (Å²) >= 11 is 3.07. The smallest absolute Gasteiger partial charge is 0.241 e. The number of rotatable bonds is 4. The van der Waals surface area contributed by atoms with E-state index in [0.29, 0.717) is 0 Å². The maximum Gasteiger partial charge on any atom is 0.241 e. The summed E-state index contributed by atoms with van der Waals surface area (Å²) in [7, 11) is -3.69. The molecule has 0 unspecified atom stereocenters. The van der Waals surface area contributed by atoms with Crippen LogP contribution in [0.1, 0.15) is 32.1 Å². The predicted octanol–water partition coefficient (Wildman–Crippen LogP) is 2.95. The highest BCUT2D eigenvalue weighted by molar-refractivity contribution is 9.10. The number of nitrogens with two attached hydrogens (primary N) is 1. The first kappa shape index (κ1) is 18.8. The molecule has 1 aromatic carbocycles. The number of halogens is 3. The third-order valence-electron chi connectivity index (χ3n) is 3.65. The van der Waals surface area contributed by atoms with Gasteiger partial charge in [0.25, 0.3) is 0 Å². The van der Waals surface area contributed by atoms with Crippen molar-refractivity contribution in [2.45, 2.75) is 42.5 Å². The molecule has 0 aliphatic heterocycles. The number of nitrogens with one attached hydrogen (secondary N) is 1. The molecule has 1 aliphatic carbocycles.